The van der Waals surface area contributed by atoms with Gasteiger partial charge >= 0.3 is 6.18 Å². The number of halogens is 3. The molecule has 0 radical (unpaired) electrons. The number of anilines is 1. The summed E-state index contributed by atoms with van der Waals surface area (Å²) in [6, 6.07) is 7.72. The van der Waals surface area contributed by atoms with E-state index in [1.807, 2.05) is 0 Å². The number of nitrogens with zero attached hydrogens (tertiary/aromatic N) is 1. The molecular weight excluding hydrogens is 257 g/mol. The minimum atomic E-state index is -4.50. The lowest BCUT2D eigenvalue weighted by molar-refractivity contribution is -0.137. The van der Waals surface area contributed by atoms with Crippen molar-refractivity contribution in [3.05, 3.63) is 47.7 Å². The second kappa shape index (κ2) is 4.72. The van der Waals surface area contributed by atoms with Crippen molar-refractivity contribution in [2.24, 2.45) is 0 Å². The number of benzene rings is 1. The Morgan fingerprint density at radius 3 is 2.37 bits per heavy atom. The van der Waals surface area contributed by atoms with Crippen LogP contribution in [-0.2, 0) is 6.18 Å². The van der Waals surface area contributed by atoms with Crippen LogP contribution in [0.2, 0.25) is 0 Å². The van der Waals surface area contributed by atoms with E-state index in [1.54, 1.807) is 0 Å². The molecule has 19 heavy (non-hydrogen) atoms. The van der Waals surface area contributed by atoms with Crippen LogP contribution in [0.15, 0.2) is 36.4 Å². The van der Waals surface area contributed by atoms with Crippen LogP contribution in [-0.4, -0.2) is 11.3 Å². The highest BCUT2D eigenvalue weighted by molar-refractivity contribution is 5.87. The van der Waals surface area contributed by atoms with Crippen LogP contribution in [0, 0.1) is 0 Å². The van der Waals surface area contributed by atoms with Crippen LogP contribution < -0.4 is 5.73 Å². The van der Waals surface area contributed by atoms with Crippen LogP contribution in [0.25, 0.3) is 11.1 Å². The molecule has 6 heteroatoms. The van der Waals surface area contributed by atoms with Crippen LogP contribution in [0.5, 0.6) is 0 Å². The first-order valence-electron chi connectivity index (χ1n) is 5.32. The van der Waals surface area contributed by atoms with Gasteiger partial charge in [0.05, 0.1) is 5.56 Å². The van der Waals surface area contributed by atoms with Gasteiger partial charge in [-0.3, -0.25) is 4.79 Å². The Kier molecular flexibility index (Phi) is 3.25. The molecule has 2 aromatic rings. The monoisotopic (exact) mass is 266 g/mol. The summed E-state index contributed by atoms with van der Waals surface area (Å²) in [6.45, 7) is 0. The molecule has 0 unspecified atom stereocenters. The average Bonchev–Trinajstić information content (AvgIpc) is 2.37. The highest BCUT2D eigenvalue weighted by Gasteiger charge is 2.33. The standard InChI is InChI=1S/C13H9F3N2O/c14-13(15,16)10-4-2-1-3-8(10)9-5-6-12(17)18-11(9)7-19/h1-7H,(H2,17,18). The fraction of sp³-hybridized carbons (Fsp3) is 0.0769. The van der Waals surface area contributed by atoms with E-state index < -0.39 is 11.7 Å². The van der Waals surface area contributed by atoms with Crippen molar-refractivity contribution in [2.45, 2.75) is 6.18 Å². The normalized spacial score (nSPS) is 11.3. The van der Waals surface area contributed by atoms with E-state index in [-0.39, 0.29) is 22.6 Å². The highest BCUT2D eigenvalue weighted by atomic mass is 19.4. The van der Waals surface area contributed by atoms with Crippen molar-refractivity contribution in [1.82, 2.24) is 4.98 Å². The minimum Gasteiger partial charge on any atom is -0.384 e. The summed E-state index contributed by atoms with van der Waals surface area (Å²) in [5.41, 5.74) is 4.50. The summed E-state index contributed by atoms with van der Waals surface area (Å²) < 4.78 is 38.7. The summed E-state index contributed by atoms with van der Waals surface area (Å²) in [7, 11) is 0. The third-order valence-corrected chi connectivity index (χ3v) is 2.58. The number of carbonyl (C=O) groups excluding carboxylic acids is 1. The van der Waals surface area contributed by atoms with Gasteiger partial charge in [-0.15, -0.1) is 0 Å². The molecule has 0 amide bonds. The lowest BCUT2D eigenvalue weighted by Gasteiger charge is -2.13. The Balaban J connectivity index is 2.69. The SMILES string of the molecule is Nc1ccc(-c2ccccc2C(F)(F)F)c(C=O)n1. The topological polar surface area (TPSA) is 56.0 Å². The average molecular weight is 266 g/mol. The Labute approximate surface area is 106 Å². The van der Waals surface area contributed by atoms with Gasteiger partial charge in [0.15, 0.2) is 6.29 Å². The minimum absolute atomic E-state index is 0.0790. The molecule has 0 aliphatic heterocycles. The first kappa shape index (κ1) is 13.1. The molecular formula is C13H9F3N2O. The number of hydrogen-bond donors (Lipinski definition) is 1. The second-order valence-corrected chi connectivity index (χ2v) is 3.83. The van der Waals surface area contributed by atoms with E-state index in [1.165, 1.54) is 30.3 Å². The Morgan fingerprint density at radius 2 is 1.74 bits per heavy atom. The van der Waals surface area contributed by atoms with E-state index in [4.69, 9.17) is 5.73 Å². The highest BCUT2D eigenvalue weighted by Crippen LogP contribution is 2.37. The Morgan fingerprint density at radius 1 is 1.05 bits per heavy atom. The van der Waals surface area contributed by atoms with Gasteiger partial charge in [0.25, 0.3) is 0 Å². The van der Waals surface area contributed by atoms with Crippen LogP contribution >= 0.6 is 0 Å². The van der Waals surface area contributed by atoms with Gasteiger partial charge in [0.2, 0.25) is 0 Å². The molecule has 1 aromatic heterocycles. The number of hydrogen-bond acceptors (Lipinski definition) is 3. The summed E-state index contributed by atoms with van der Waals surface area (Å²) in [6.07, 6.45) is -4.11. The fourth-order valence-corrected chi connectivity index (χ4v) is 1.77. The van der Waals surface area contributed by atoms with Crippen molar-refractivity contribution < 1.29 is 18.0 Å². The summed E-state index contributed by atoms with van der Waals surface area (Å²) >= 11 is 0. The van der Waals surface area contributed by atoms with E-state index in [2.05, 4.69) is 4.98 Å². The number of rotatable bonds is 2. The maximum absolute atomic E-state index is 12.9. The largest absolute Gasteiger partial charge is 0.417 e. The molecule has 0 bridgehead atoms. The maximum atomic E-state index is 12.9. The quantitative estimate of drug-likeness (QED) is 0.849. The summed E-state index contributed by atoms with van der Waals surface area (Å²) in [4.78, 5) is 14.6. The zero-order chi connectivity index (χ0) is 14.0. The number of nitrogens with two attached hydrogens (primary N) is 1. The van der Waals surface area contributed by atoms with E-state index in [9.17, 15) is 18.0 Å². The van der Waals surface area contributed by atoms with Gasteiger partial charge in [0, 0.05) is 5.56 Å². The Hall–Kier alpha value is -2.37. The number of pyridine rings is 1. The molecule has 0 saturated heterocycles. The van der Waals surface area contributed by atoms with Gasteiger partial charge in [-0.2, -0.15) is 13.2 Å². The van der Waals surface area contributed by atoms with Crippen molar-refractivity contribution in [3.63, 3.8) is 0 Å². The number of carbonyl (C=O) groups is 1. The van der Waals surface area contributed by atoms with E-state index in [0.717, 1.165) is 6.07 Å². The van der Waals surface area contributed by atoms with Crippen molar-refractivity contribution >= 4 is 12.1 Å². The zero-order valence-corrected chi connectivity index (χ0v) is 9.61. The molecule has 98 valence electrons. The molecule has 2 N–H and O–H groups in total. The molecule has 0 saturated carbocycles. The fourth-order valence-electron chi connectivity index (χ4n) is 1.77. The first-order chi connectivity index (χ1) is 8.93. The predicted octanol–water partition coefficient (Wildman–Crippen LogP) is 3.16. The van der Waals surface area contributed by atoms with Crippen LogP contribution in [0.3, 0.4) is 0 Å². The van der Waals surface area contributed by atoms with Gasteiger partial charge in [-0.1, -0.05) is 18.2 Å². The van der Waals surface area contributed by atoms with Gasteiger partial charge in [0.1, 0.15) is 11.5 Å². The van der Waals surface area contributed by atoms with E-state index >= 15 is 0 Å². The van der Waals surface area contributed by atoms with E-state index in [0.29, 0.717) is 6.29 Å². The predicted molar refractivity (Wildman–Crippen MR) is 64.5 cm³/mol. The van der Waals surface area contributed by atoms with Crippen molar-refractivity contribution in [3.8, 4) is 11.1 Å². The third kappa shape index (κ3) is 2.57. The third-order valence-electron chi connectivity index (χ3n) is 2.58. The van der Waals surface area contributed by atoms with Gasteiger partial charge < -0.3 is 5.73 Å². The van der Waals surface area contributed by atoms with Crippen LogP contribution in [0.4, 0.5) is 19.0 Å². The molecule has 0 aliphatic carbocycles. The van der Waals surface area contributed by atoms with Gasteiger partial charge in [-0.25, -0.2) is 4.98 Å². The molecule has 1 aromatic carbocycles. The first-order valence-corrected chi connectivity index (χ1v) is 5.32. The number of aldehydes is 1. The smallest absolute Gasteiger partial charge is 0.384 e. The molecule has 1 heterocycles. The van der Waals surface area contributed by atoms with Crippen molar-refractivity contribution in [1.29, 1.82) is 0 Å². The molecule has 3 nitrogen and oxygen atoms in total. The molecule has 0 spiro atoms. The Bertz CT molecular complexity index is 624. The van der Waals surface area contributed by atoms with Crippen LogP contribution in [0.1, 0.15) is 16.1 Å². The molecule has 0 atom stereocenters. The van der Waals surface area contributed by atoms with Crippen molar-refractivity contribution in [2.75, 3.05) is 5.73 Å². The molecule has 0 aliphatic rings. The second-order valence-electron chi connectivity index (χ2n) is 3.83. The summed E-state index contributed by atoms with van der Waals surface area (Å²) in [5, 5.41) is 0. The zero-order valence-electron chi connectivity index (χ0n) is 9.61. The molecule has 2 rings (SSSR count). The number of aromatic nitrogens is 1. The lowest BCUT2D eigenvalue weighted by atomic mass is 9.98. The number of alkyl halides is 3. The molecule has 0 fully saturated rings. The number of nitrogen functional groups attached to an aromatic ring is 1. The maximum Gasteiger partial charge on any atom is 0.417 e. The van der Waals surface area contributed by atoms with Gasteiger partial charge in [-0.05, 0) is 23.8 Å². The lowest BCUT2D eigenvalue weighted by Crippen LogP contribution is -2.08. The summed E-state index contributed by atoms with van der Waals surface area (Å²) in [5.74, 6) is 0.0790.